The summed E-state index contributed by atoms with van der Waals surface area (Å²) in [4.78, 5) is 8.36. The van der Waals surface area contributed by atoms with E-state index >= 15 is 0 Å². The Morgan fingerprint density at radius 1 is 1.90 bits per heavy atom. The average molecular weight is 157 g/mol. The molecule has 0 atom stereocenters. The lowest BCUT2D eigenvalue weighted by Crippen LogP contribution is -1.85. The summed E-state index contributed by atoms with van der Waals surface area (Å²) in [5.74, 6) is 0. The lowest BCUT2D eigenvalue weighted by Gasteiger charge is -1.81. The zero-order valence-corrected chi connectivity index (χ0v) is 6.26. The van der Waals surface area contributed by atoms with Gasteiger partial charge in [-0.1, -0.05) is 5.16 Å². The van der Waals surface area contributed by atoms with Crippen LogP contribution in [-0.4, -0.2) is 18.3 Å². The van der Waals surface area contributed by atoms with Gasteiger partial charge in [-0.2, -0.15) is 0 Å². The highest BCUT2D eigenvalue weighted by Gasteiger charge is 1.92. The number of hydrogen-bond donors (Lipinski definition) is 1. The maximum Gasteiger partial charge on any atom is 0.180 e. The minimum atomic E-state index is 0.539. The second kappa shape index (κ2) is 3.17. The zero-order valence-electron chi connectivity index (χ0n) is 5.44. The number of nitrogens with zero attached hydrogens (tertiary/aromatic N) is 2. The fourth-order valence-electron chi connectivity index (χ4n) is 0.467. The van der Waals surface area contributed by atoms with Crippen LogP contribution in [0, 0.1) is 0 Å². The van der Waals surface area contributed by atoms with Crippen LogP contribution in [0.2, 0.25) is 0 Å². The summed E-state index contributed by atoms with van der Waals surface area (Å²) in [6.07, 6.45) is 1.51. The number of oxime groups is 1. The third-order valence-corrected chi connectivity index (χ3v) is 1.52. The summed E-state index contributed by atoms with van der Waals surface area (Å²) < 4.78 is 0. The molecule has 2 N–H and O–H groups in total. The molecule has 5 heteroatoms. The Kier molecular flexibility index (Phi) is 2.22. The highest BCUT2D eigenvalue weighted by atomic mass is 32.1. The first-order valence-corrected chi connectivity index (χ1v) is 3.48. The van der Waals surface area contributed by atoms with E-state index in [4.69, 9.17) is 5.73 Å². The predicted molar refractivity (Wildman–Crippen MR) is 41.1 cm³/mol. The van der Waals surface area contributed by atoms with Crippen molar-refractivity contribution in [3.63, 3.8) is 0 Å². The normalized spacial score (nSPS) is 10.5. The Morgan fingerprint density at radius 2 is 2.70 bits per heavy atom. The van der Waals surface area contributed by atoms with E-state index in [1.165, 1.54) is 24.7 Å². The van der Waals surface area contributed by atoms with Crippen LogP contribution in [0.1, 0.15) is 5.69 Å². The van der Waals surface area contributed by atoms with Gasteiger partial charge < -0.3 is 10.6 Å². The van der Waals surface area contributed by atoms with Crippen molar-refractivity contribution in [1.82, 2.24) is 4.98 Å². The van der Waals surface area contributed by atoms with E-state index in [0.29, 0.717) is 5.13 Å². The summed E-state index contributed by atoms with van der Waals surface area (Å²) in [5.41, 5.74) is 6.08. The van der Waals surface area contributed by atoms with Gasteiger partial charge in [0.15, 0.2) is 5.13 Å². The summed E-state index contributed by atoms with van der Waals surface area (Å²) in [6, 6.07) is 0. The van der Waals surface area contributed by atoms with Crippen molar-refractivity contribution in [2.75, 3.05) is 12.8 Å². The maximum absolute atomic E-state index is 5.36. The van der Waals surface area contributed by atoms with Crippen LogP contribution in [-0.2, 0) is 4.84 Å². The minimum Gasteiger partial charge on any atom is -0.399 e. The number of nitrogens with two attached hydrogens (primary N) is 1. The Bertz CT molecular complexity index is 233. The molecular formula is C5H7N3OS. The molecule has 0 aliphatic heterocycles. The maximum atomic E-state index is 5.36. The van der Waals surface area contributed by atoms with Crippen molar-refractivity contribution in [1.29, 1.82) is 0 Å². The number of nitrogen functional groups attached to an aromatic ring is 1. The second-order valence-electron chi connectivity index (χ2n) is 1.53. The topological polar surface area (TPSA) is 60.5 Å². The van der Waals surface area contributed by atoms with Gasteiger partial charge in [0.25, 0.3) is 0 Å². The highest BCUT2D eigenvalue weighted by molar-refractivity contribution is 7.13. The van der Waals surface area contributed by atoms with Crippen molar-refractivity contribution in [3.05, 3.63) is 11.1 Å². The van der Waals surface area contributed by atoms with E-state index in [0.717, 1.165) is 5.69 Å². The SMILES string of the molecule is CO/N=C/c1csc(N)n1. The molecule has 0 bridgehead atoms. The molecule has 54 valence electrons. The molecule has 1 rings (SSSR count). The molecule has 0 spiro atoms. The average Bonchev–Trinajstić information content (AvgIpc) is 2.31. The largest absolute Gasteiger partial charge is 0.399 e. The number of anilines is 1. The van der Waals surface area contributed by atoms with Gasteiger partial charge in [0.05, 0.1) is 11.9 Å². The first-order chi connectivity index (χ1) is 4.83. The monoisotopic (exact) mass is 157 g/mol. The quantitative estimate of drug-likeness (QED) is 0.508. The van der Waals surface area contributed by atoms with Gasteiger partial charge in [-0.3, -0.25) is 0 Å². The van der Waals surface area contributed by atoms with Crippen LogP contribution < -0.4 is 5.73 Å². The van der Waals surface area contributed by atoms with Crippen molar-refractivity contribution in [3.8, 4) is 0 Å². The van der Waals surface area contributed by atoms with Crippen LogP contribution in [0.3, 0.4) is 0 Å². The van der Waals surface area contributed by atoms with Crippen LogP contribution in [0.5, 0.6) is 0 Å². The Balaban J connectivity index is 2.67. The molecule has 0 aliphatic carbocycles. The number of aromatic nitrogens is 1. The van der Waals surface area contributed by atoms with Gasteiger partial charge >= 0.3 is 0 Å². The lowest BCUT2D eigenvalue weighted by molar-refractivity contribution is 0.215. The van der Waals surface area contributed by atoms with Crippen molar-refractivity contribution in [2.24, 2.45) is 5.16 Å². The Hall–Kier alpha value is -1.10. The van der Waals surface area contributed by atoms with Crippen molar-refractivity contribution >= 4 is 22.7 Å². The third kappa shape index (κ3) is 1.70. The van der Waals surface area contributed by atoms with Gasteiger partial charge in [-0.15, -0.1) is 11.3 Å². The molecule has 0 saturated carbocycles. The first-order valence-electron chi connectivity index (χ1n) is 2.60. The van der Waals surface area contributed by atoms with Gasteiger partial charge in [0.2, 0.25) is 0 Å². The molecule has 1 aromatic heterocycles. The van der Waals surface area contributed by atoms with Crippen LogP contribution in [0.25, 0.3) is 0 Å². The number of hydrogen-bond acceptors (Lipinski definition) is 5. The summed E-state index contributed by atoms with van der Waals surface area (Å²) in [7, 11) is 1.48. The van der Waals surface area contributed by atoms with Crippen LogP contribution >= 0.6 is 11.3 Å². The molecule has 0 unspecified atom stereocenters. The molecule has 1 heterocycles. The van der Waals surface area contributed by atoms with E-state index < -0.39 is 0 Å². The molecule has 0 aliphatic rings. The molecule has 0 saturated heterocycles. The minimum absolute atomic E-state index is 0.539. The number of rotatable bonds is 2. The van der Waals surface area contributed by atoms with Crippen LogP contribution in [0.15, 0.2) is 10.5 Å². The molecule has 0 aromatic carbocycles. The van der Waals surface area contributed by atoms with E-state index in [-0.39, 0.29) is 0 Å². The van der Waals surface area contributed by atoms with Crippen LogP contribution in [0.4, 0.5) is 5.13 Å². The highest BCUT2D eigenvalue weighted by Crippen LogP contribution is 2.08. The molecule has 1 aromatic rings. The molecule has 0 radical (unpaired) electrons. The Morgan fingerprint density at radius 3 is 3.20 bits per heavy atom. The van der Waals surface area contributed by atoms with Crippen molar-refractivity contribution in [2.45, 2.75) is 0 Å². The van der Waals surface area contributed by atoms with E-state index in [1.807, 2.05) is 0 Å². The molecule has 10 heavy (non-hydrogen) atoms. The molecule has 0 fully saturated rings. The van der Waals surface area contributed by atoms with E-state index in [2.05, 4.69) is 15.0 Å². The van der Waals surface area contributed by atoms with Gasteiger partial charge in [0, 0.05) is 5.38 Å². The predicted octanol–water partition coefficient (Wildman–Crippen LogP) is 0.706. The second-order valence-corrected chi connectivity index (χ2v) is 2.42. The Labute approximate surface area is 62.3 Å². The van der Waals surface area contributed by atoms with Gasteiger partial charge in [-0.25, -0.2) is 4.98 Å². The third-order valence-electron chi connectivity index (χ3n) is 0.830. The van der Waals surface area contributed by atoms with E-state index in [1.54, 1.807) is 5.38 Å². The lowest BCUT2D eigenvalue weighted by atomic mass is 10.6. The molecular weight excluding hydrogens is 150 g/mol. The summed E-state index contributed by atoms with van der Waals surface area (Å²) >= 11 is 1.37. The fourth-order valence-corrected chi connectivity index (χ4v) is 0.980. The fraction of sp³-hybridized carbons (Fsp3) is 0.200. The van der Waals surface area contributed by atoms with Crippen molar-refractivity contribution < 1.29 is 4.84 Å². The zero-order chi connectivity index (χ0) is 7.40. The standard InChI is InChI=1S/C5H7N3OS/c1-9-7-2-4-3-10-5(6)8-4/h2-3H,1H3,(H2,6,8)/b7-2+. The van der Waals surface area contributed by atoms with E-state index in [9.17, 15) is 0 Å². The summed E-state index contributed by atoms with van der Waals surface area (Å²) in [6.45, 7) is 0. The summed E-state index contributed by atoms with van der Waals surface area (Å²) in [5, 5.41) is 5.86. The molecule has 0 amide bonds. The van der Waals surface area contributed by atoms with Gasteiger partial charge in [-0.05, 0) is 0 Å². The number of thiazole rings is 1. The first kappa shape index (κ1) is 7.01. The smallest absolute Gasteiger partial charge is 0.180 e. The molecule has 4 nitrogen and oxygen atoms in total. The van der Waals surface area contributed by atoms with Gasteiger partial charge in [0.1, 0.15) is 7.11 Å².